The summed E-state index contributed by atoms with van der Waals surface area (Å²) >= 11 is 1.03. The van der Waals surface area contributed by atoms with Crippen LogP contribution in [-0.2, 0) is 22.4 Å². The number of carbonyl (C=O) groups is 2. The van der Waals surface area contributed by atoms with Gasteiger partial charge in [-0.1, -0.05) is 36.0 Å². The molecule has 4 heteroatoms. The number of thioether (sulfide) groups is 1. The van der Waals surface area contributed by atoms with Crippen molar-refractivity contribution in [2.24, 2.45) is 0 Å². The number of hydrogen-bond donors (Lipinski definition) is 1. The van der Waals surface area contributed by atoms with E-state index >= 15 is 0 Å². The molecule has 20 heavy (non-hydrogen) atoms. The summed E-state index contributed by atoms with van der Waals surface area (Å²) in [6, 6.07) is 10.3. The molecular weight excluding hydrogens is 270 g/mol. The Kier molecular flexibility index (Phi) is 3.49. The molecule has 3 rings (SSSR count). The Morgan fingerprint density at radius 1 is 1.15 bits per heavy atom. The number of anilines is 1. The van der Waals surface area contributed by atoms with Crippen LogP contribution in [0.3, 0.4) is 0 Å². The topological polar surface area (TPSA) is 46.2 Å². The molecule has 0 spiro atoms. The fourth-order valence-corrected chi connectivity index (χ4v) is 3.12. The van der Waals surface area contributed by atoms with Crippen LogP contribution < -0.4 is 5.32 Å². The van der Waals surface area contributed by atoms with Gasteiger partial charge in [0.2, 0.25) is 5.91 Å². The fourth-order valence-electron chi connectivity index (χ4n) is 2.71. The van der Waals surface area contributed by atoms with E-state index in [1.54, 1.807) is 0 Å². The van der Waals surface area contributed by atoms with E-state index in [1.807, 2.05) is 18.2 Å². The molecule has 0 bridgehead atoms. The summed E-state index contributed by atoms with van der Waals surface area (Å²) in [7, 11) is 0. The van der Waals surface area contributed by atoms with Crippen LogP contribution in [0.25, 0.3) is 10.8 Å². The molecule has 1 aliphatic rings. The normalized spacial score (nSPS) is 12.7. The Balaban J connectivity index is 1.90. The van der Waals surface area contributed by atoms with E-state index in [-0.39, 0.29) is 16.8 Å². The molecule has 1 N–H and O–H groups in total. The average Bonchev–Trinajstić information content (AvgIpc) is 2.85. The Hall–Kier alpha value is -1.81. The lowest BCUT2D eigenvalue weighted by Crippen LogP contribution is -2.15. The standard InChI is InChI=1S/C16H15NO2S/c1-10(18)20-9-15(19)17-14-8-7-12-6-5-11-3-2-4-13(14)16(11)12/h2-4,7-8H,5-6,9H2,1H3,(H,17,19). The van der Waals surface area contributed by atoms with Crippen LogP contribution in [0.2, 0.25) is 0 Å². The van der Waals surface area contributed by atoms with Crippen LogP contribution in [0.15, 0.2) is 30.3 Å². The highest BCUT2D eigenvalue weighted by Crippen LogP contribution is 2.34. The highest BCUT2D eigenvalue weighted by molar-refractivity contribution is 8.14. The van der Waals surface area contributed by atoms with Crippen molar-refractivity contribution in [2.75, 3.05) is 11.1 Å². The number of hydrogen-bond acceptors (Lipinski definition) is 3. The molecule has 0 fully saturated rings. The highest BCUT2D eigenvalue weighted by Gasteiger charge is 2.16. The molecule has 1 amide bonds. The number of benzene rings is 2. The smallest absolute Gasteiger partial charge is 0.234 e. The first-order chi connectivity index (χ1) is 9.65. The number of nitrogens with one attached hydrogen (secondary N) is 1. The van der Waals surface area contributed by atoms with Crippen molar-refractivity contribution < 1.29 is 9.59 Å². The van der Waals surface area contributed by atoms with Gasteiger partial charge in [-0.15, -0.1) is 0 Å². The largest absolute Gasteiger partial charge is 0.325 e. The minimum absolute atomic E-state index is 0.0411. The van der Waals surface area contributed by atoms with Gasteiger partial charge in [-0.25, -0.2) is 0 Å². The summed E-state index contributed by atoms with van der Waals surface area (Å²) in [5.74, 6) is 0.0297. The average molecular weight is 285 g/mol. The number of amides is 1. The van der Waals surface area contributed by atoms with Crippen molar-refractivity contribution in [3.8, 4) is 0 Å². The Morgan fingerprint density at radius 3 is 2.65 bits per heavy atom. The van der Waals surface area contributed by atoms with Crippen molar-refractivity contribution in [1.82, 2.24) is 0 Å². The second-order valence-electron chi connectivity index (χ2n) is 4.94. The van der Waals surface area contributed by atoms with Gasteiger partial charge >= 0.3 is 0 Å². The van der Waals surface area contributed by atoms with Gasteiger partial charge in [-0.05, 0) is 35.4 Å². The van der Waals surface area contributed by atoms with Gasteiger partial charge in [0.05, 0.1) is 5.75 Å². The molecule has 2 aromatic carbocycles. The van der Waals surface area contributed by atoms with Gasteiger partial charge in [0.25, 0.3) is 0 Å². The molecule has 1 aliphatic carbocycles. The van der Waals surface area contributed by atoms with E-state index in [1.165, 1.54) is 23.4 Å². The first kappa shape index (κ1) is 13.2. The van der Waals surface area contributed by atoms with Crippen molar-refractivity contribution in [3.63, 3.8) is 0 Å². The van der Waals surface area contributed by atoms with Crippen LogP contribution in [-0.4, -0.2) is 16.8 Å². The second-order valence-corrected chi connectivity index (χ2v) is 6.09. The predicted molar refractivity (Wildman–Crippen MR) is 83.1 cm³/mol. The number of aryl methyl sites for hydroxylation is 2. The molecular formula is C16H15NO2S. The third-order valence-corrected chi connectivity index (χ3v) is 4.37. The lowest BCUT2D eigenvalue weighted by atomic mass is 10.0. The van der Waals surface area contributed by atoms with Crippen molar-refractivity contribution in [2.45, 2.75) is 19.8 Å². The molecule has 102 valence electrons. The van der Waals surface area contributed by atoms with Gasteiger partial charge in [-0.2, -0.15) is 0 Å². The van der Waals surface area contributed by atoms with E-state index in [4.69, 9.17) is 0 Å². The molecule has 0 heterocycles. The summed E-state index contributed by atoms with van der Waals surface area (Å²) in [4.78, 5) is 22.8. The Morgan fingerprint density at radius 2 is 1.90 bits per heavy atom. The zero-order valence-corrected chi connectivity index (χ0v) is 12.0. The van der Waals surface area contributed by atoms with Crippen molar-refractivity contribution in [3.05, 3.63) is 41.5 Å². The molecule has 0 saturated heterocycles. The molecule has 0 unspecified atom stereocenters. The van der Waals surface area contributed by atoms with Gasteiger partial charge in [0.15, 0.2) is 5.12 Å². The van der Waals surface area contributed by atoms with Crippen LogP contribution in [0.1, 0.15) is 18.1 Å². The number of rotatable bonds is 3. The van der Waals surface area contributed by atoms with E-state index in [0.717, 1.165) is 35.7 Å². The van der Waals surface area contributed by atoms with Gasteiger partial charge in [0, 0.05) is 18.0 Å². The zero-order chi connectivity index (χ0) is 14.1. The molecule has 0 saturated carbocycles. The molecule has 0 atom stereocenters. The van der Waals surface area contributed by atoms with Crippen LogP contribution >= 0.6 is 11.8 Å². The number of carbonyl (C=O) groups excluding carboxylic acids is 2. The van der Waals surface area contributed by atoms with Gasteiger partial charge in [-0.3, -0.25) is 9.59 Å². The zero-order valence-electron chi connectivity index (χ0n) is 11.2. The van der Waals surface area contributed by atoms with Gasteiger partial charge in [0.1, 0.15) is 0 Å². The lowest BCUT2D eigenvalue weighted by molar-refractivity contribution is -0.114. The quantitative estimate of drug-likeness (QED) is 0.942. The first-order valence-electron chi connectivity index (χ1n) is 6.62. The molecule has 3 nitrogen and oxygen atoms in total. The minimum Gasteiger partial charge on any atom is -0.325 e. The lowest BCUT2D eigenvalue weighted by Gasteiger charge is -2.10. The summed E-state index contributed by atoms with van der Waals surface area (Å²) in [6.45, 7) is 1.47. The SMILES string of the molecule is CC(=O)SCC(=O)Nc1ccc2c3c(cccc13)CC2. The summed E-state index contributed by atoms with van der Waals surface area (Å²) < 4.78 is 0. The maximum absolute atomic E-state index is 11.9. The summed E-state index contributed by atoms with van der Waals surface area (Å²) in [6.07, 6.45) is 2.15. The van der Waals surface area contributed by atoms with E-state index in [2.05, 4.69) is 17.4 Å². The Bertz CT molecular complexity index is 699. The van der Waals surface area contributed by atoms with Crippen LogP contribution in [0, 0.1) is 0 Å². The summed E-state index contributed by atoms with van der Waals surface area (Å²) in [5, 5.41) is 5.25. The van der Waals surface area contributed by atoms with E-state index < -0.39 is 0 Å². The van der Waals surface area contributed by atoms with Crippen molar-refractivity contribution >= 4 is 39.2 Å². The molecule has 0 radical (unpaired) electrons. The summed E-state index contributed by atoms with van der Waals surface area (Å²) in [5.41, 5.74) is 3.54. The highest BCUT2D eigenvalue weighted by atomic mass is 32.2. The molecule has 0 aromatic heterocycles. The fraction of sp³-hybridized carbons (Fsp3) is 0.250. The van der Waals surface area contributed by atoms with E-state index in [9.17, 15) is 9.59 Å². The molecule has 2 aromatic rings. The maximum atomic E-state index is 11.9. The van der Waals surface area contributed by atoms with Crippen LogP contribution in [0.5, 0.6) is 0 Å². The second kappa shape index (κ2) is 5.29. The predicted octanol–water partition coefficient (Wildman–Crippen LogP) is 3.16. The third-order valence-electron chi connectivity index (χ3n) is 3.56. The maximum Gasteiger partial charge on any atom is 0.234 e. The third kappa shape index (κ3) is 2.43. The molecule has 0 aliphatic heterocycles. The van der Waals surface area contributed by atoms with Crippen LogP contribution in [0.4, 0.5) is 5.69 Å². The monoisotopic (exact) mass is 285 g/mol. The van der Waals surface area contributed by atoms with Crippen molar-refractivity contribution in [1.29, 1.82) is 0 Å². The van der Waals surface area contributed by atoms with E-state index in [0.29, 0.717) is 0 Å². The Labute approximate surface area is 121 Å². The first-order valence-corrected chi connectivity index (χ1v) is 7.60. The minimum atomic E-state index is -0.135. The van der Waals surface area contributed by atoms with Gasteiger partial charge < -0.3 is 5.32 Å².